The second-order valence-electron chi connectivity index (χ2n) is 5.59. The Morgan fingerprint density at radius 3 is 2.75 bits per heavy atom. The Balaban J connectivity index is 2.27. The zero-order valence-electron chi connectivity index (χ0n) is 12.0. The number of benzene rings is 1. The van der Waals surface area contributed by atoms with Crippen LogP contribution < -0.4 is 16.0 Å². The van der Waals surface area contributed by atoms with Gasteiger partial charge in [0.25, 0.3) is 0 Å². The lowest BCUT2D eigenvalue weighted by Gasteiger charge is -2.30. The van der Waals surface area contributed by atoms with E-state index in [2.05, 4.69) is 5.32 Å². The maximum atomic E-state index is 14.2. The highest BCUT2D eigenvalue weighted by Gasteiger charge is 2.23. The summed E-state index contributed by atoms with van der Waals surface area (Å²) >= 11 is 0. The Morgan fingerprint density at radius 1 is 1.50 bits per heavy atom. The number of carbonyl (C=O) groups excluding carboxylic acids is 1. The SMILES string of the molecule is CC(C)N(CC(N)=O)c1c(F)cccc1CNC1CC1. The molecule has 1 aliphatic carbocycles. The number of nitrogens with two attached hydrogens (primary N) is 1. The monoisotopic (exact) mass is 279 g/mol. The van der Waals surface area contributed by atoms with Crippen molar-refractivity contribution in [1.29, 1.82) is 0 Å². The highest BCUT2D eigenvalue weighted by atomic mass is 19.1. The molecule has 0 aliphatic heterocycles. The molecule has 0 saturated heterocycles. The lowest BCUT2D eigenvalue weighted by molar-refractivity contribution is -0.116. The summed E-state index contributed by atoms with van der Waals surface area (Å²) in [6.45, 7) is 4.48. The maximum Gasteiger partial charge on any atom is 0.236 e. The third-order valence-corrected chi connectivity index (χ3v) is 3.47. The zero-order valence-corrected chi connectivity index (χ0v) is 12.0. The minimum absolute atomic E-state index is 0.000856. The van der Waals surface area contributed by atoms with Crippen LogP contribution in [0.2, 0.25) is 0 Å². The largest absolute Gasteiger partial charge is 0.368 e. The second-order valence-corrected chi connectivity index (χ2v) is 5.59. The Hall–Kier alpha value is -1.62. The molecule has 110 valence electrons. The number of rotatable bonds is 7. The van der Waals surface area contributed by atoms with Gasteiger partial charge in [-0.15, -0.1) is 0 Å². The number of amides is 1. The quantitative estimate of drug-likeness (QED) is 0.800. The number of hydrogen-bond donors (Lipinski definition) is 2. The first-order valence-corrected chi connectivity index (χ1v) is 7.04. The van der Waals surface area contributed by atoms with E-state index in [0.29, 0.717) is 18.3 Å². The Labute approximate surface area is 119 Å². The van der Waals surface area contributed by atoms with Crippen molar-refractivity contribution < 1.29 is 9.18 Å². The van der Waals surface area contributed by atoms with Crippen molar-refractivity contribution in [2.24, 2.45) is 5.73 Å². The van der Waals surface area contributed by atoms with E-state index in [1.165, 1.54) is 18.9 Å². The molecule has 1 aliphatic rings. The van der Waals surface area contributed by atoms with Gasteiger partial charge in [0, 0.05) is 18.6 Å². The molecular formula is C15H22FN3O. The van der Waals surface area contributed by atoms with E-state index in [0.717, 1.165) is 5.56 Å². The summed E-state index contributed by atoms with van der Waals surface area (Å²) in [6.07, 6.45) is 2.36. The Kier molecular flexibility index (Phi) is 4.60. The Bertz CT molecular complexity index is 486. The predicted molar refractivity (Wildman–Crippen MR) is 77.9 cm³/mol. The molecule has 1 aromatic rings. The summed E-state index contributed by atoms with van der Waals surface area (Å²) in [4.78, 5) is 13.0. The van der Waals surface area contributed by atoms with Crippen LogP contribution in [0.15, 0.2) is 18.2 Å². The van der Waals surface area contributed by atoms with Crippen LogP contribution in [0.3, 0.4) is 0 Å². The molecule has 0 aromatic heterocycles. The van der Waals surface area contributed by atoms with Crippen LogP contribution >= 0.6 is 0 Å². The second kappa shape index (κ2) is 6.22. The summed E-state index contributed by atoms with van der Waals surface area (Å²) in [6, 6.07) is 5.57. The highest BCUT2D eigenvalue weighted by molar-refractivity contribution is 5.80. The average molecular weight is 279 g/mol. The predicted octanol–water partition coefficient (Wildman–Crippen LogP) is 1.78. The van der Waals surface area contributed by atoms with Crippen LogP contribution in [-0.2, 0) is 11.3 Å². The summed E-state index contributed by atoms with van der Waals surface area (Å²) in [7, 11) is 0. The molecule has 0 spiro atoms. The molecule has 1 saturated carbocycles. The smallest absolute Gasteiger partial charge is 0.236 e. The summed E-state index contributed by atoms with van der Waals surface area (Å²) in [5.41, 5.74) is 6.63. The van der Waals surface area contributed by atoms with E-state index in [4.69, 9.17) is 5.73 Å². The molecule has 1 aromatic carbocycles. The number of para-hydroxylation sites is 1. The van der Waals surface area contributed by atoms with Gasteiger partial charge >= 0.3 is 0 Å². The van der Waals surface area contributed by atoms with Gasteiger partial charge in [-0.05, 0) is 38.3 Å². The Morgan fingerprint density at radius 2 is 2.20 bits per heavy atom. The van der Waals surface area contributed by atoms with Gasteiger partial charge in [0.05, 0.1) is 12.2 Å². The topological polar surface area (TPSA) is 58.4 Å². The van der Waals surface area contributed by atoms with Gasteiger partial charge in [0.1, 0.15) is 5.82 Å². The average Bonchev–Trinajstić information content (AvgIpc) is 3.17. The minimum Gasteiger partial charge on any atom is -0.368 e. The van der Waals surface area contributed by atoms with E-state index in [9.17, 15) is 9.18 Å². The molecule has 0 radical (unpaired) electrons. The van der Waals surface area contributed by atoms with Crippen LogP contribution in [0.5, 0.6) is 0 Å². The van der Waals surface area contributed by atoms with Crippen molar-refractivity contribution in [3.8, 4) is 0 Å². The van der Waals surface area contributed by atoms with Crippen molar-refractivity contribution in [2.75, 3.05) is 11.4 Å². The fraction of sp³-hybridized carbons (Fsp3) is 0.533. The zero-order chi connectivity index (χ0) is 14.7. The van der Waals surface area contributed by atoms with Crippen LogP contribution in [-0.4, -0.2) is 24.5 Å². The van der Waals surface area contributed by atoms with Gasteiger partial charge in [-0.2, -0.15) is 0 Å². The normalized spacial score (nSPS) is 14.6. The molecule has 5 heteroatoms. The molecule has 0 bridgehead atoms. The molecule has 20 heavy (non-hydrogen) atoms. The van der Waals surface area contributed by atoms with Crippen molar-refractivity contribution >= 4 is 11.6 Å². The van der Waals surface area contributed by atoms with Gasteiger partial charge in [-0.1, -0.05) is 12.1 Å². The molecule has 0 atom stereocenters. The molecule has 3 N–H and O–H groups in total. The number of carbonyl (C=O) groups is 1. The first-order chi connectivity index (χ1) is 9.49. The van der Waals surface area contributed by atoms with E-state index in [-0.39, 0.29) is 18.4 Å². The lowest BCUT2D eigenvalue weighted by atomic mass is 10.1. The highest BCUT2D eigenvalue weighted by Crippen LogP contribution is 2.27. The first-order valence-electron chi connectivity index (χ1n) is 7.04. The minimum atomic E-state index is -0.456. The van der Waals surface area contributed by atoms with Crippen LogP contribution in [0.4, 0.5) is 10.1 Å². The first kappa shape index (κ1) is 14.8. The van der Waals surface area contributed by atoms with Crippen LogP contribution in [0.1, 0.15) is 32.3 Å². The van der Waals surface area contributed by atoms with Gasteiger partial charge in [0.2, 0.25) is 5.91 Å². The van der Waals surface area contributed by atoms with Crippen molar-refractivity contribution in [3.63, 3.8) is 0 Å². The van der Waals surface area contributed by atoms with Crippen molar-refractivity contribution in [3.05, 3.63) is 29.6 Å². The standard InChI is InChI=1S/C15H22FN3O/c1-10(2)19(9-14(17)20)15-11(4-3-5-13(15)16)8-18-12-6-7-12/h3-5,10,12,18H,6-9H2,1-2H3,(H2,17,20). The number of primary amides is 1. The molecule has 0 unspecified atom stereocenters. The van der Waals surface area contributed by atoms with E-state index in [1.54, 1.807) is 11.0 Å². The summed E-state index contributed by atoms with van der Waals surface area (Å²) in [5, 5.41) is 3.38. The van der Waals surface area contributed by atoms with Crippen LogP contribution in [0, 0.1) is 5.82 Å². The third-order valence-electron chi connectivity index (χ3n) is 3.47. The van der Waals surface area contributed by atoms with E-state index in [1.807, 2.05) is 19.9 Å². The van der Waals surface area contributed by atoms with Gasteiger partial charge in [-0.25, -0.2) is 4.39 Å². The lowest BCUT2D eigenvalue weighted by Crippen LogP contribution is -2.40. The fourth-order valence-electron chi connectivity index (χ4n) is 2.25. The summed E-state index contributed by atoms with van der Waals surface area (Å²) in [5.74, 6) is -0.766. The van der Waals surface area contributed by atoms with Gasteiger partial charge in [-0.3, -0.25) is 4.79 Å². The molecule has 4 nitrogen and oxygen atoms in total. The van der Waals surface area contributed by atoms with Crippen molar-refractivity contribution in [2.45, 2.75) is 45.3 Å². The fourth-order valence-corrected chi connectivity index (χ4v) is 2.25. The number of hydrogen-bond acceptors (Lipinski definition) is 3. The van der Waals surface area contributed by atoms with E-state index < -0.39 is 5.91 Å². The number of nitrogens with zero attached hydrogens (tertiary/aromatic N) is 1. The summed E-state index contributed by atoms with van der Waals surface area (Å²) < 4.78 is 14.2. The van der Waals surface area contributed by atoms with Crippen LogP contribution in [0.25, 0.3) is 0 Å². The van der Waals surface area contributed by atoms with Crippen molar-refractivity contribution in [1.82, 2.24) is 5.32 Å². The molecule has 0 heterocycles. The van der Waals surface area contributed by atoms with Gasteiger partial charge in [0.15, 0.2) is 0 Å². The molecule has 1 amide bonds. The molecular weight excluding hydrogens is 257 g/mol. The van der Waals surface area contributed by atoms with E-state index >= 15 is 0 Å². The number of nitrogens with one attached hydrogen (secondary N) is 1. The molecule has 2 rings (SSSR count). The third kappa shape index (κ3) is 3.70. The molecule has 1 fully saturated rings. The maximum absolute atomic E-state index is 14.2. The number of anilines is 1. The number of halogens is 1. The van der Waals surface area contributed by atoms with Gasteiger partial charge < -0.3 is 16.0 Å².